The Morgan fingerprint density at radius 3 is 2.56 bits per heavy atom. The van der Waals surface area contributed by atoms with Gasteiger partial charge in [-0.25, -0.2) is 4.39 Å². The summed E-state index contributed by atoms with van der Waals surface area (Å²) in [4.78, 5) is 12.5. The standard InChI is InChI=1S/C21H32BrFO2/c1-20-8-6-15-14-7-9-21(25,12-23)10-13(14)2-3-16(15)17(20)4-5-18(20)19(24)11-22/h13-18,25H,2-12H2,1H3/t13-,14+,15-,16-,17+,18-,20+,21+/m1/s1. The predicted octanol–water partition coefficient (Wildman–Crippen LogP) is 4.92. The Morgan fingerprint density at radius 2 is 1.84 bits per heavy atom. The molecule has 0 heterocycles. The van der Waals surface area contributed by atoms with Crippen LogP contribution in [0.1, 0.15) is 64.7 Å². The van der Waals surface area contributed by atoms with E-state index in [0.717, 1.165) is 31.1 Å². The van der Waals surface area contributed by atoms with Gasteiger partial charge in [-0.3, -0.25) is 4.79 Å². The predicted molar refractivity (Wildman–Crippen MR) is 100 cm³/mol. The summed E-state index contributed by atoms with van der Waals surface area (Å²) in [7, 11) is 0. The molecule has 0 aromatic heterocycles. The molecule has 0 unspecified atom stereocenters. The van der Waals surface area contributed by atoms with Crippen molar-refractivity contribution in [3.8, 4) is 0 Å². The molecule has 1 N–H and O–H groups in total. The van der Waals surface area contributed by atoms with E-state index in [1.165, 1.54) is 25.7 Å². The molecule has 0 saturated heterocycles. The number of aliphatic hydroxyl groups is 1. The number of alkyl halides is 2. The van der Waals surface area contributed by atoms with Gasteiger partial charge in [0.25, 0.3) is 0 Å². The Bertz CT molecular complexity index is 540. The smallest absolute Gasteiger partial charge is 0.147 e. The second kappa shape index (κ2) is 6.58. The number of Topliss-reactive ketones (excluding diaryl/α,β-unsaturated/α-hetero) is 1. The van der Waals surface area contributed by atoms with E-state index in [1.807, 2.05) is 0 Å². The van der Waals surface area contributed by atoms with Crippen LogP contribution in [0.2, 0.25) is 0 Å². The third-order valence-corrected chi connectivity index (χ3v) is 9.43. The number of ketones is 1. The fraction of sp³-hybridized carbons (Fsp3) is 0.952. The van der Waals surface area contributed by atoms with Crippen molar-refractivity contribution in [1.82, 2.24) is 0 Å². The summed E-state index contributed by atoms with van der Waals surface area (Å²) in [6.07, 6.45) is 9.39. The third-order valence-electron chi connectivity index (χ3n) is 8.87. The molecule has 4 aliphatic carbocycles. The number of fused-ring (bicyclic) bond motifs is 5. The van der Waals surface area contributed by atoms with Crippen molar-refractivity contribution in [3.63, 3.8) is 0 Å². The van der Waals surface area contributed by atoms with Gasteiger partial charge >= 0.3 is 0 Å². The molecule has 8 atom stereocenters. The van der Waals surface area contributed by atoms with E-state index in [4.69, 9.17) is 0 Å². The van der Waals surface area contributed by atoms with Crippen LogP contribution >= 0.6 is 15.9 Å². The van der Waals surface area contributed by atoms with E-state index < -0.39 is 12.3 Å². The SMILES string of the molecule is C[C@]12CC[C@H]3[C@@H](CC[C@@H]4C[C@](O)(CF)CC[C@@H]43)[C@@H]1CC[C@@H]2C(=O)CBr. The van der Waals surface area contributed by atoms with Gasteiger partial charge in [-0.2, -0.15) is 0 Å². The minimum atomic E-state index is -1.04. The first-order chi connectivity index (χ1) is 11.9. The van der Waals surface area contributed by atoms with Gasteiger partial charge < -0.3 is 5.11 Å². The number of carbonyl (C=O) groups is 1. The minimum absolute atomic E-state index is 0.202. The van der Waals surface area contributed by atoms with Crippen LogP contribution in [0.15, 0.2) is 0 Å². The normalized spacial score (nSPS) is 52.2. The van der Waals surface area contributed by atoms with E-state index in [9.17, 15) is 14.3 Å². The summed E-state index contributed by atoms with van der Waals surface area (Å²) >= 11 is 3.39. The zero-order valence-corrected chi connectivity index (χ0v) is 16.9. The van der Waals surface area contributed by atoms with Crippen LogP contribution in [0.4, 0.5) is 4.39 Å². The molecule has 4 rings (SSSR count). The van der Waals surface area contributed by atoms with Crippen molar-refractivity contribution in [1.29, 1.82) is 0 Å². The Labute approximate surface area is 159 Å². The highest BCUT2D eigenvalue weighted by Gasteiger charge is 2.58. The van der Waals surface area contributed by atoms with E-state index >= 15 is 0 Å². The maximum atomic E-state index is 13.2. The molecule has 0 aromatic rings. The van der Waals surface area contributed by atoms with Crippen LogP contribution in [0.3, 0.4) is 0 Å². The van der Waals surface area contributed by atoms with Gasteiger partial charge in [-0.15, -0.1) is 0 Å². The molecule has 4 fully saturated rings. The average molecular weight is 415 g/mol. The van der Waals surface area contributed by atoms with Crippen LogP contribution in [0, 0.1) is 40.9 Å². The summed E-state index contributed by atoms with van der Waals surface area (Å²) in [6.45, 7) is 1.81. The molecular weight excluding hydrogens is 383 g/mol. The summed E-state index contributed by atoms with van der Waals surface area (Å²) in [5.74, 6) is 4.05. The van der Waals surface area contributed by atoms with E-state index in [1.54, 1.807) is 0 Å². The molecule has 0 bridgehead atoms. The summed E-state index contributed by atoms with van der Waals surface area (Å²) in [5, 5.41) is 10.9. The lowest BCUT2D eigenvalue weighted by Gasteiger charge is -2.56. The molecule has 4 saturated carbocycles. The molecule has 0 aromatic carbocycles. The monoisotopic (exact) mass is 414 g/mol. The van der Waals surface area contributed by atoms with Gasteiger partial charge in [0.05, 0.1) is 10.9 Å². The van der Waals surface area contributed by atoms with Crippen molar-refractivity contribution in [2.75, 3.05) is 12.0 Å². The zero-order chi connectivity index (χ0) is 17.8. The highest BCUT2D eigenvalue weighted by Crippen LogP contribution is 2.64. The lowest BCUT2D eigenvalue weighted by Crippen LogP contribution is -2.52. The number of rotatable bonds is 3. The van der Waals surface area contributed by atoms with Crippen molar-refractivity contribution in [2.24, 2.45) is 40.9 Å². The number of halogens is 2. The first-order valence-corrected chi connectivity index (χ1v) is 11.4. The van der Waals surface area contributed by atoms with Gasteiger partial charge in [0, 0.05) is 5.92 Å². The lowest BCUT2D eigenvalue weighted by atomic mass is 9.49. The fourth-order valence-corrected chi connectivity index (χ4v) is 8.10. The topological polar surface area (TPSA) is 37.3 Å². The largest absolute Gasteiger partial charge is 0.387 e. The van der Waals surface area contributed by atoms with Crippen LogP contribution in [0.25, 0.3) is 0 Å². The molecule has 4 aliphatic rings. The van der Waals surface area contributed by atoms with Crippen molar-refractivity contribution < 1.29 is 14.3 Å². The van der Waals surface area contributed by atoms with E-state index in [-0.39, 0.29) is 11.3 Å². The first kappa shape index (κ1) is 18.4. The van der Waals surface area contributed by atoms with Crippen LogP contribution in [0.5, 0.6) is 0 Å². The fourth-order valence-electron chi connectivity index (χ4n) is 7.71. The molecule has 4 heteroatoms. The van der Waals surface area contributed by atoms with E-state index in [0.29, 0.717) is 41.7 Å². The van der Waals surface area contributed by atoms with Crippen LogP contribution in [-0.2, 0) is 4.79 Å². The van der Waals surface area contributed by atoms with Crippen molar-refractivity contribution in [2.45, 2.75) is 70.3 Å². The van der Waals surface area contributed by atoms with Gasteiger partial charge in [0.2, 0.25) is 0 Å². The summed E-state index contributed by atoms with van der Waals surface area (Å²) in [5.41, 5.74) is -0.842. The second-order valence-electron chi connectivity index (χ2n) is 9.81. The third kappa shape index (κ3) is 2.85. The number of hydrogen-bond donors (Lipinski definition) is 1. The van der Waals surface area contributed by atoms with Gasteiger partial charge in [-0.1, -0.05) is 22.9 Å². The molecule has 0 amide bonds. The minimum Gasteiger partial charge on any atom is -0.387 e. The molecule has 0 radical (unpaired) electrons. The quantitative estimate of drug-likeness (QED) is 0.665. The van der Waals surface area contributed by atoms with Crippen molar-refractivity contribution >= 4 is 21.7 Å². The Balaban J connectivity index is 1.52. The maximum absolute atomic E-state index is 13.2. The van der Waals surface area contributed by atoms with Gasteiger partial charge in [0.15, 0.2) is 0 Å². The van der Waals surface area contributed by atoms with Gasteiger partial charge in [0.1, 0.15) is 12.5 Å². The Hall–Kier alpha value is 0.0400. The van der Waals surface area contributed by atoms with E-state index in [2.05, 4.69) is 22.9 Å². The highest BCUT2D eigenvalue weighted by molar-refractivity contribution is 9.09. The maximum Gasteiger partial charge on any atom is 0.147 e. The summed E-state index contributed by atoms with van der Waals surface area (Å²) < 4.78 is 13.2. The number of carbonyl (C=O) groups excluding carboxylic acids is 1. The molecule has 2 nitrogen and oxygen atoms in total. The average Bonchev–Trinajstić information content (AvgIpc) is 2.98. The molecule has 25 heavy (non-hydrogen) atoms. The van der Waals surface area contributed by atoms with Crippen LogP contribution in [-0.4, -0.2) is 28.5 Å². The molecule has 142 valence electrons. The van der Waals surface area contributed by atoms with Gasteiger partial charge in [-0.05, 0) is 92.8 Å². The Morgan fingerprint density at radius 1 is 1.08 bits per heavy atom. The molecule has 0 aliphatic heterocycles. The number of hydrogen-bond acceptors (Lipinski definition) is 2. The second-order valence-corrected chi connectivity index (χ2v) is 10.4. The highest BCUT2D eigenvalue weighted by atomic mass is 79.9. The molecular formula is C21H32BrFO2. The zero-order valence-electron chi connectivity index (χ0n) is 15.4. The van der Waals surface area contributed by atoms with Crippen molar-refractivity contribution in [3.05, 3.63) is 0 Å². The first-order valence-electron chi connectivity index (χ1n) is 10.3. The molecule has 0 spiro atoms. The summed E-state index contributed by atoms with van der Waals surface area (Å²) in [6, 6.07) is 0. The lowest BCUT2D eigenvalue weighted by molar-refractivity contribution is -0.131. The van der Waals surface area contributed by atoms with Crippen LogP contribution < -0.4 is 0 Å². The Kier molecular flexibility index (Phi) is 4.84.